The smallest absolute Gasteiger partial charge is 0.0439 e. The molecule has 0 saturated carbocycles. The van der Waals surface area contributed by atoms with Crippen LogP contribution in [0.25, 0.3) is 24.3 Å². The molecule has 0 amide bonds. The Kier molecular flexibility index (Phi) is 17.2. The fraction of sp³-hybridized carbons (Fsp3) is 0.476. The van der Waals surface area contributed by atoms with Crippen LogP contribution in [0.3, 0.4) is 0 Å². The molecule has 0 aliphatic carbocycles. The number of para-hydroxylation sites is 2. The third kappa shape index (κ3) is 12.0. The van der Waals surface area contributed by atoms with Crippen molar-refractivity contribution in [2.75, 3.05) is 36.0 Å². The molecule has 238 valence electrons. The summed E-state index contributed by atoms with van der Waals surface area (Å²) >= 11 is 0. The fourth-order valence-electron chi connectivity index (χ4n) is 5.92. The third-order valence-electron chi connectivity index (χ3n) is 8.56. The van der Waals surface area contributed by atoms with Crippen LogP contribution in [-0.2, 0) is 0 Å². The van der Waals surface area contributed by atoms with E-state index in [9.17, 15) is 0 Å². The summed E-state index contributed by atoms with van der Waals surface area (Å²) in [6, 6.07) is 26.7. The lowest BCUT2D eigenvalue weighted by Gasteiger charge is -2.27. The average Bonchev–Trinajstić information content (AvgIpc) is 3.06. The predicted molar refractivity (Wildman–Crippen MR) is 200 cm³/mol. The van der Waals surface area contributed by atoms with Crippen LogP contribution in [0.5, 0.6) is 0 Å². The molecular weight excluding hydrogens is 532 g/mol. The first kappa shape index (κ1) is 35.2. The Labute approximate surface area is 270 Å². The largest absolute Gasteiger partial charge is 0.371 e. The van der Waals surface area contributed by atoms with E-state index in [0.717, 1.165) is 26.2 Å². The van der Waals surface area contributed by atoms with Gasteiger partial charge >= 0.3 is 0 Å². The first-order valence-corrected chi connectivity index (χ1v) is 17.8. The van der Waals surface area contributed by atoms with Crippen molar-refractivity contribution < 1.29 is 0 Å². The third-order valence-corrected chi connectivity index (χ3v) is 8.56. The number of nitrogens with zero attached hydrogens (tertiary/aromatic N) is 2. The molecule has 0 aromatic heterocycles. The topological polar surface area (TPSA) is 6.48 Å². The molecule has 0 aliphatic rings. The second-order valence-electron chi connectivity index (χ2n) is 12.2. The van der Waals surface area contributed by atoms with Gasteiger partial charge in [-0.1, -0.05) is 164 Å². The van der Waals surface area contributed by atoms with Crippen molar-refractivity contribution >= 4 is 35.7 Å². The molecule has 2 heteroatoms. The zero-order valence-electron chi connectivity index (χ0n) is 28.4. The second kappa shape index (κ2) is 21.4. The molecule has 3 aromatic carbocycles. The van der Waals surface area contributed by atoms with Crippen molar-refractivity contribution in [3.8, 4) is 0 Å². The molecule has 44 heavy (non-hydrogen) atoms. The van der Waals surface area contributed by atoms with E-state index in [1.54, 1.807) is 0 Å². The molecule has 0 aliphatic heterocycles. The molecule has 0 heterocycles. The molecule has 0 bridgehead atoms. The minimum atomic E-state index is 1.13. The van der Waals surface area contributed by atoms with Gasteiger partial charge in [-0.25, -0.2) is 0 Å². The molecule has 0 atom stereocenters. The van der Waals surface area contributed by atoms with E-state index in [0.29, 0.717) is 0 Å². The normalized spacial score (nSPS) is 11.5. The first-order chi connectivity index (χ1) is 21.7. The van der Waals surface area contributed by atoms with Gasteiger partial charge in [-0.05, 0) is 60.1 Å². The Balaban J connectivity index is 1.85. The van der Waals surface area contributed by atoms with Gasteiger partial charge in [0, 0.05) is 37.6 Å². The number of anilines is 2. The Morgan fingerprint density at radius 3 is 0.955 bits per heavy atom. The highest BCUT2D eigenvalue weighted by Gasteiger charge is 2.11. The van der Waals surface area contributed by atoms with Crippen molar-refractivity contribution in [1.29, 1.82) is 0 Å². The van der Waals surface area contributed by atoms with Crippen LogP contribution < -0.4 is 9.80 Å². The number of hydrogen-bond acceptors (Lipinski definition) is 2. The van der Waals surface area contributed by atoms with Gasteiger partial charge in [-0.15, -0.1) is 0 Å². The molecule has 0 N–H and O–H groups in total. The van der Waals surface area contributed by atoms with Crippen LogP contribution in [0.1, 0.15) is 127 Å². The van der Waals surface area contributed by atoms with E-state index < -0.39 is 0 Å². The van der Waals surface area contributed by atoms with E-state index in [1.807, 2.05) is 0 Å². The van der Waals surface area contributed by atoms with Crippen LogP contribution in [0.4, 0.5) is 11.4 Å². The maximum atomic E-state index is 2.63. The summed E-state index contributed by atoms with van der Waals surface area (Å²) in [6.45, 7) is 13.7. The number of rotatable bonds is 22. The lowest BCUT2D eigenvalue weighted by Crippen LogP contribution is -2.26. The Hall–Kier alpha value is -3.26. The molecule has 0 radical (unpaired) electrons. The molecule has 0 fully saturated rings. The van der Waals surface area contributed by atoms with E-state index in [4.69, 9.17) is 0 Å². The summed E-state index contributed by atoms with van der Waals surface area (Å²) in [5.74, 6) is 0. The molecule has 0 unspecified atom stereocenters. The Morgan fingerprint density at radius 1 is 0.364 bits per heavy atom. The maximum Gasteiger partial charge on any atom is 0.0439 e. The lowest BCUT2D eigenvalue weighted by atomic mass is 10.0. The average molecular weight is 593 g/mol. The van der Waals surface area contributed by atoms with Gasteiger partial charge in [0.15, 0.2) is 0 Å². The SMILES string of the molecule is CCCCCN(CCCCC)c1ccccc1/C=C/c1ccccc1/C=C/c1ccccc1N(CCCCC)CCCCC. The van der Waals surface area contributed by atoms with E-state index in [1.165, 1.54) is 111 Å². The van der Waals surface area contributed by atoms with Crippen LogP contribution in [0.15, 0.2) is 72.8 Å². The van der Waals surface area contributed by atoms with Crippen LogP contribution >= 0.6 is 0 Å². The van der Waals surface area contributed by atoms with Crippen molar-refractivity contribution in [2.24, 2.45) is 0 Å². The highest BCUT2D eigenvalue weighted by molar-refractivity contribution is 5.84. The highest BCUT2D eigenvalue weighted by atomic mass is 15.1. The summed E-state index contributed by atoms with van der Waals surface area (Å²) in [7, 11) is 0. The molecule has 0 saturated heterocycles. The zero-order valence-corrected chi connectivity index (χ0v) is 28.4. The van der Waals surface area contributed by atoms with E-state index in [2.05, 4.69) is 135 Å². The Bertz CT molecular complexity index is 1120. The van der Waals surface area contributed by atoms with Crippen LogP contribution in [0, 0.1) is 0 Å². The summed E-state index contributed by atoms with van der Waals surface area (Å²) in [5, 5.41) is 0. The van der Waals surface area contributed by atoms with Gasteiger partial charge in [0.2, 0.25) is 0 Å². The lowest BCUT2D eigenvalue weighted by molar-refractivity contribution is 0.636. The summed E-state index contributed by atoms with van der Waals surface area (Å²) in [6.07, 6.45) is 24.5. The van der Waals surface area contributed by atoms with Crippen molar-refractivity contribution in [1.82, 2.24) is 0 Å². The zero-order chi connectivity index (χ0) is 31.2. The molecule has 0 spiro atoms. The van der Waals surface area contributed by atoms with Gasteiger partial charge in [0.05, 0.1) is 0 Å². The second-order valence-corrected chi connectivity index (χ2v) is 12.2. The van der Waals surface area contributed by atoms with Gasteiger partial charge in [0.1, 0.15) is 0 Å². The van der Waals surface area contributed by atoms with Gasteiger partial charge < -0.3 is 9.80 Å². The number of unbranched alkanes of at least 4 members (excludes halogenated alkanes) is 8. The number of benzene rings is 3. The monoisotopic (exact) mass is 592 g/mol. The molecule has 2 nitrogen and oxygen atoms in total. The van der Waals surface area contributed by atoms with Gasteiger partial charge in [-0.2, -0.15) is 0 Å². The summed E-state index contributed by atoms with van der Waals surface area (Å²) in [5.41, 5.74) is 7.84. The molecular formula is C42H60N2. The quantitative estimate of drug-likeness (QED) is 0.0845. The van der Waals surface area contributed by atoms with Crippen molar-refractivity contribution in [2.45, 2.75) is 105 Å². The first-order valence-electron chi connectivity index (χ1n) is 17.8. The summed E-state index contributed by atoms with van der Waals surface area (Å²) < 4.78 is 0. The fourth-order valence-corrected chi connectivity index (χ4v) is 5.92. The minimum Gasteiger partial charge on any atom is -0.371 e. The van der Waals surface area contributed by atoms with E-state index in [-0.39, 0.29) is 0 Å². The van der Waals surface area contributed by atoms with Gasteiger partial charge in [0.25, 0.3) is 0 Å². The molecule has 3 aromatic rings. The minimum absolute atomic E-state index is 1.13. The van der Waals surface area contributed by atoms with Crippen molar-refractivity contribution in [3.05, 3.63) is 95.1 Å². The maximum absolute atomic E-state index is 2.63. The molecule has 3 rings (SSSR count). The van der Waals surface area contributed by atoms with Crippen molar-refractivity contribution in [3.63, 3.8) is 0 Å². The van der Waals surface area contributed by atoms with E-state index >= 15 is 0 Å². The standard InChI is InChI=1S/C42H60N2/c1-5-9-19-33-43(34-20-10-6-2)41-27-17-15-25-39(41)31-29-37-23-13-14-24-38(37)30-32-40-26-16-18-28-42(40)44(35-21-11-7-3)36-22-12-8-4/h13-18,23-32H,5-12,19-22,33-36H2,1-4H3/b31-29+,32-30+. The number of hydrogen-bond donors (Lipinski definition) is 0. The summed E-state index contributed by atoms with van der Waals surface area (Å²) in [4.78, 5) is 5.25. The van der Waals surface area contributed by atoms with Gasteiger partial charge in [-0.3, -0.25) is 0 Å². The Morgan fingerprint density at radius 2 is 0.636 bits per heavy atom. The highest BCUT2D eigenvalue weighted by Crippen LogP contribution is 2.27. The van der Waals surface area contributed by atoms with Crippen LogP contribution in [-0.4, -0.2) is 26.2 Å². The van der Waals surface area contributed by atoms with Crippen LogP contribution in [0.2, 0.25) is 0 Å². The predicted octanol–water partition coefficient (Wildman–Crippen LogP) is 12.4.